The molecule has 0 unspecified atom stereocenters. The first-order chi connectivity index (χ1) is 6.83. The highest BCUT2D eigenvalue weighted by Gasteiger charge is 2.12. The van der Waals surface area contributed by atoms with E-state index in [0.29, 0.717) is 0 Å². The molecule has 1 heterocycles. The van der Waals surface area contributed by atoms with Crippen LogP contribution in [0.4, 0.5) is 5.13 Å². The maximum Gasteiger partial charge on any atom is 0.332 e. The summed E-state index contributed by atoms with van der Waals surface area (Å²) >= 11 is 3.51. The number of hydrogen-bond acceptors (Lipinski definition) is 3. The van der Waals surface area contributed by atoms with E-state index in [1.807, 2.05) is 11.8 Å². The van der Waals surface area contributed by atoms with Crippen molar-refractivity contribution in [1.82, 2.24) is 0 Å². The number of aryl methyl sites for hydroxylation is 1. The Balaban J connectivity index is 0.00000112. The number of nitrogens with zero attached hydrogens (tertiary/aromatic N) is 1. The molecule has 2 nitrogen and oxygen atoms in total. The highest BCUT2D eigenvalue weighted by atomic mass is 35.5. The average Bonchev–Trinajstić information content (AvgIpc) is 2.51. The summed E-state index contributed by atoms with van der Waals surface area (Å²) in [5.41, 5.74) is 7.22. The lowest BCUT2D eigenvalue weighted by Gasteiger charge is -1.97. The van der Waals surface area contributed by atoms with E-state index in [1.54, 1.807) is 11.3 Å². The van der Waals surface area contributed by atoms with Crippen LogP contribution >= 0.6 is 23.1 Å². The molecule has 2 N–H and O–H groups in total. The van der Waals surface area contributed by atoms with Crippen molar-refractivity contribution in [2.24, 2.45) is 0 Å². The highest BCUT2D eigenvalue weighted by molar-refractivity contribution is 7.98. The van der Waals surface area contributed by atoms with Crippen LogP contribution in [0.25, 0.3) is 10.2 Å². The molecule has 0 aliphatic rings. The topological polar surface area (TPSA) is 29.9 Å². The van der Waals surface area contributed by atoms with Crippen LogP contribution in [0.2, 0.25) is 0 Å². The van der Waals surface area contributed by atoms with E-state index in [9.17, 15) is 0 Å². The molecule has 1 aromatic carbocycles. The van der Waals surface area contributed by atoms with Gasteiger partial charge in [-0.15, -0.1) is 0 Å². The Morgan fingerprint density at radius 3 is 2.87 bits per heavy atom. The van der Waals surface area contributed by atoms with E-state index < -0.39 is 0 Å². The number of anilines is 1. The third kappa shape index (κ3) is 2.56. The second-order valence-corrected chi connectivity index (χ2v) is 5.10. The summed E-state index contributed by atoms with van der Waals surface area (Å²) in [6, 6.07) is 8.36. The Morgan fingerprint density at radius 2 is 2.13 bits per heavy atom. The molecule has 0 radical (unpaired) electrons. The number of thiazole rings is 1. The molecule has 5 heteroatoms. The number of aromatic nitrogens is 1. The van der Waals surface area contributed by atoms with Crippen molar-refractivity contribution in [1.29, 1.82) is 0 Å². The Morgan fingerprint density at radius 1 is 1.40 bits per heavy atom. The van der Waals surface area contributed by atoms with Crippen LogP contribution in [0.1, 0.15) is 0 Å². The van der Waals surface area contributed by atoms with Crippen LogP contribution in [0.15, 0.2) is 24.3 Å². The van der Waals surface area contributed by atoms with Gasteiger partial charge in [0.05, 0.1) is 4.70 Å². The van der Waals surface area contributed by atoms with E-state index >= 15 is 0 Å². The van der Waals surface area contributed by atoms with Gasteiger partial charge in [-0.3, -0.25) is 5.73 Å². The van der Waals surface area contributed by atoms with Crippen LogP contribution in [-0.4, -0.2) is 12.0 Å². The van der Waals surface area contributed by atoms with Crippen molar-refractivity contribution in [3.8, 4) is 0 Å². The molecule has 0 fully saturated rings. The quantitative estimate of drug-likeness (QED) is 0.728. The molecular formula is C10H13ClN2S2. The molecular weight excluding hydrogens is 248 g/mol. The van der Waals surface area contributed by atoms with Crippen molar-refractivity contribution in [2.75, 3.05) is 17.7 Å². The van der Waals surface area contributed by atoms with Gasteiger partial charge in [0.15, 0.2) is 0 Å². The molecule has 0 atom stereocenters. The van der Waals surface area contributed by atoms with Gasteiger partial charge in [-0.2, -0.15) is 11.8 Å². The lowest BCUT2D eigenvalue weighted by molar-refractivity contribution is -0.648. The minimum atomic E-state index is 0. The minimum Gasteiger partial charge on any atom is -1.00 e. The van der Waals surface area contributed by atoms with Gasteiger partial charge >= 0.3 is 5.13 Å². The van der Waals surface area contributed by atoms with Crippen LogP contribution in [0.5, 0.6) is 0 Å². The van der Waals surface area contributed by atoms with Crippen LogP contribution in [0.3, 0.4) is 0 Å². The van der Waals surface area contributed by atoms with Gasteiger partial charge in [0.1, 0.15) is 12.1 Å². The highest BCUT2D eigenvalue weighted by Crippen LogP contribution is 2.21. The summed E-state index contributed by atoms with van der Waals surface area (Å²) in [5, 5.41) is 0.903. The SMILES string of the molecule is CSCC[n+]1c(N)sc2ccccc21.[Cl-]. The maximum absolute atomic E-state index is 5.97. The molecule has 0 saturated heterocycles. The largest absolute Gasteiger partial charge is 1.00 e. The summed E-state index contributed by atoms with van der Waals surface area (Å²) in [5.74, 6) is 1.11. The van der Waals surface area contributed by atoms with Gasteiger partial charge in [0, 0.05) is 5.75 Å². The van der Waals surface area contributed by atoms with Crippen molar-refractivity contribution in [3.05, 3.63) is 24.3 Å². The first kappa shape index (κ1) is 12.6. The number of para-hydroxylation sites is 1. The minimum absolute atomic E-state index is 0. The molecule has 0 aliphatic carbocycles. The second-order valence-electron chi connectivity index (χ2n) is 3.05. The number of nitrogen functional groups attached to an aromatic ring is 1. The van der Waals surface area contributed by atoms with Crippen LogP contribution in [0, 0.1) is 0 Å². The number of rotatable bonds is 3. The van der Waals surface area contributed by atoms with Gasteiger partial charge in [0.25, 0.3) is 0 Å². The first-order valence-electron chi connectivity index (χ1n) is 4.48. The van der Waals surface area contributed by atoms with E-state index in [-0.39, 0.29) is 12.4 Å². The molecule has 0 saturated carbocycles. The van der Waals surface area contributed by atoms with E-state index in [4.69, 9.17) is 5.73 Å². The standard InChI is InChI=1S/C10H12N2S2.ClH/c1-13-7-6-12-8-4-2-3-5-9(8)14-10(12)11;/h2-5,11H,6-7H2,1H3;1H. The van der Waals surface area contributed by atoms with Gasteiger partial charge in [-0.05, 0) is 29.7 Å². The second kappa shape index (κ2) is 5.58. The fraction of sp³-hybridized carbons (Fsp3) is 0.300. The van der Waals surface area contributed by atoms with Gasteiger partial charge in [-0.25, -0.2) is 4.57 Å². The number of fused-ring (bicyclic) bond motifs is 1. The smallest absolute Gasteiger partial charge is 0.332 e. The van der Waals surface area contributed by atoms with Crippen LogP contribution in [-0.2, 0) is 6.54 Å². The zero-order valence-electron chi connectivity index (χ0n) is 8.44. The summed E-state index contributed by atoms with van der Waals surface area (Å²) in [6.45, 7) is 0.997. The van der Waals surface area contributed by atoms with Crippen molar-refractivity contribution in [3.63, 3.8) is 0 Å². The lowest BCUT2D eigenvalue weighted by Crippen LogP contribution is -3.00. The molecule has 0 spiro atoms. The number of hydrogen-bond donors (Lipinski definition) is 1. The average molecular weight is 261 g/mol. The number of thioether (sulfide) groups is 1. The Labute approximate surface area is 104 Å². The zero-order valence-corrected chi connectivity index (χ0v) is 10.8. The van der Waals surface area contributed by atoms with Gasteiger partial charge in [-0.1, -0.05) is 12.1 Å². The lowest BCUT2D eigenvalue weighted by atomic mass is 10.3. The molecule has 82 valence electrons. The molecule has 1 aromatic heterocycles. The van der Waals surface area contributed by atoms with Crippen molar-refractivity contribution >= 4 is 38.4 Å². The molecule has 2 rings (SSSR count). The predicted octanol–water partition coefficient (Wildman–Crippen LogP) is -0.862. The Bertz CT molecular complexity index is 442. The van der Waals surface area contributed by atoms with E-state index in [0.717, 1.165) is 17.4 Å². The maximum atomic E-state index is 5.97. The fourth-order valence-electron chi connectivity index (χ4n) is 1.47. The molecule has 0 amide bonds. The van der Waals surface area contributed by atoms with E-state index in [2.05, 4.69) is 35.1 Å². The third-order valence-electron chi connectivity index (χ3n) is 2.16. The number of nitrogens with two attached hydrogens (primary N) is 1. The normalized spacial score (nSPS) is 10.2. The van der Waals surface area contributed by atoms with Gasteiger partial charge < -0.3 is 12.4 Å². The van der Waals surface area contributed by atoms with Crippen molar-refractivity contribution < 1.29 is 17.0 Å². The van der Waals surface area contributed by atoms with Crippen molar-refractivity contribution in [2.45, 2.75) is 6.54 Å². The summed E-state index contributed by atoms with van der Waals surface area (Å²) in [6.07, 6.45) is 2.12. The third-order valence-corrected chi connectivity index (χ3v) is 3.74. The Hall–Kier alpha value is -0.450. The first-order valence-corrected chi connectivity index (χ1v) is 6.69. The molecule has 0 aliphatic heterocycles. The van der Waals surface area contributed by atoms with Gasteiger partial charge in [0.2, 0.25) is 0 Å². The zero-order chi connectivity index (χ0) is 9.97. The summed E-state index contributed by atoms with van der Waals surface area (Å²) < 4.78 is 3.46. The number of benzene rings is 1. The summed E-state index contributed by atoms with van der Waals surface area (Å²) in [4.78, 5) is 0. The monoisotopic (exact) mass is 260 g/mol. The van der Waals surface area contributed by atoms with E-state index in [1.165, 1.54) is 10.2 Å². The Kier molecular flexibility index (Phi) is 4.70. The number of halogens is 1. The molecule has 15 heavy (non-hydrogen) atoms. The fourth-order valence-corrected chi connectivity index (χ4v) is 2.79. The molecule has 2 aromatic rings. The molecule has 0 bridgehead atoms. The summed E-state index contributed by atoms with van der Waals surface area (Å²) in [7, 11) is 0. The van der Waals surface area contributed by atoms with Crippen LogP contribution < -0.4 is 22.7 Å². The predicted molar refractivity (Wildman–Crippen MR) is 64.8 cm³/mol.